The van der Waals surface area contributed by atoms with Crippen LogP contribution in [0.1, 0.15) is 30.7 Å². The lowest BCUT2D eigenvalue weighted by Gasteiger charge is -2.30. The number of hydrogen-bond donors (Lipinski definition) is 1. The lowest BCUT2D eigenvalue weighted by molar-refractivity contribution is -0.126. The van der Waals surface area contributed by atoms with Crippen LogP contribution in [0.15, 0.2) is 28.8 Å². The van der Waals surface area contributed by atoms with E-state index in [4.69, 9.17) is 4.52 Å². The van der Waals surface area contributed by atoms with Gasteiger partial charge in [-0.05, 0) is 59.9 Å². The molecule has 28 heavy (non-hydrogen) atoms. The van der Waals surface area contributed by atoms with Gasteiger partial charge in [-0.2, -0.15) is 4.98 Å². The van der Waals surface area contributed by atoms with Gasteiger partial charge < -0.3 is 14.7 Å². The van der Waals surface area contributed by atoms with E-state index in [0.717, 1.165) is 51.0 Å². The Hall–Kier alpha value is -2.25. The molecule has 2 aromatic rings. The molecule has 0 bridgehead atoms. The molecule has 1 saturated heterocycles. The summed E-state index contributed by atoms with van der Waals surface area (Å²) in [4.78, 5) is 21.2. The molecule has 152 valence electrons. The molecule has 0 atom stereocenters. The highest BCUT2D eigenvalue weighted by Crippen LogP contribution is 2.21. The minimum atomic E-state index is 0.112. The van der Waals surface area contributed by atoms with Gasteiger partial charge in [0, 0.05) is 18.0 Å². The first kappa shape index (κ1) is 20.5. The van der Waals surface area contributed by atoms with Crippen molar-refractivity contribution in [2.75, 3.05) is 40.3 Å². The van der Waals surface area contributed by atoms with Crippen LogP contribution in [0.2, 0.25) is 0 Å². The third-order valence-electron chi connectivity index (χ3n) is 5.18. The summed E-state index contributed by atoms with van der Waals surface area (Å²) in [7, 11) is 4.09. The van der Waals surface area contributed by atoms with Crippen LogP contribution in [-0.4, -0.2) is 66.1 Å². The molecule has 1 aromatic carbocycles. The Balaban J connectivity index is 1.42. The summed E-state index contributed by atoms with van der Waals surface area (Å²) in [5.74, 6) is 1.56. The third kappa shape index (κ3) is 5.87. The van der Waals surface area contributed by atoms with Crippen molar-refractivity contribution in [2.24, 2.45) is 5.92 Å². The smallest absolute Gasteiger partial charge is 0.241 e. The molecule has 1 aliphatic heterocycles. The van der Waals surface area contributed by atoms with Gasteiger partial charge in [0.1, 0.15) is 0 Å². The highest BCUT2D eigenvalue weighted by atomic mass is 16.5. The molecule has 7 nitrogen and oxygen atoms in total. The fourth-order valence-electron chi connectivity index (χ4n) is 3.43. The Bertz CT molecular complexity index is 748. The fourth-order valence-corrected chi connectivity index (χ4v) is 3.43. The van der Waals surface area contributed by atoms with Crippen molar-refractivity contribution in [3.05, 3.63) is 35.7 Å². The first-order chi connectivity index (χ1) is 13.5. The SMILES string of the molecule is Cc1ccc(-c2noc(CN3CCC(C(=O)NCCCN(C)C)CC3)n2)cc1. The van der Waals surface area contributed by atoms with Crippen LogP contribution < -0.4 is 5.32 Å². The Labute approximate surface area is 167 Å². The summed E-state index contributed by atoms with van der Waals surface area (Å²) < 4.78 is 5.43. The maximum atomic E-state index is 12.3. The molecule has 7 heteroatoms. The predicted octanol–water partition coefficient (Wildman–Crippen LogP) is 2.32. The number of carbonyl (C=O) groups excluding carboxylic acids is 1. The molecule has 1 fully saturated rings. The first-order valence-corrected chi connectivity index (χ1v) is 10.1. The highest BCUT2D eigenvalue weighted by molar-refractivity contribution is 5.78. The van der Waals surface area contributed by atoms with Crippen molar-refractivity contribution >= 4 is 5.91 Å². The Morgan fingerprint density at radius 1 is 1.25 bits per heavy atom. The van der Waals surface area contributed by atoms with Gasteiger partial charge in [0.05, 0.1) is 6.54 Å². The zero-order valence-electron chi connectivity index (χ0n) is 17.1. The van der Waals surface area contributed by atoms with Crippen LogP contribution in [-0.2, 0) is 11.3 Å². The summed E-state index contributed by atoms with van der Waals surface area (Å²) in [6.45, 7) is 6.18. The van der Waals surface area contributed by atoms with Gasteiger partial charge in [0.2, 0.25) is 17.6 Å². The van der Waals surface area contributed by atoms with Crippen molar-refractivity contribution in [3.8, 4) is 11.4 Å². The van der Waals surface area contributed by atoms with E-state index >= 15 is 0 Å². The van der Waals surface area contributed by atoms with Crippen LogP contribution in [0.5, 0.6) is 0 Å². The lowest BCUT2D eigenvalue weighted by atomic mass is 9.96. The molecule has 0 aliphatic carbocycles. The second kappa shape index (κ2) is 9.80. The second-order valence-electron chi connectivity index (χ2n) is 7.88. The zero-order chi connectivity index (χ0) is 19.9. The second-order valence-corrected chi connectivity index (χ2v) is 7.88. The van der Waals surface area contributed by atoms with Crippen molar-refractivity contribution in [3.63, 3.8) is 0 Å². The van der Waals surface area contributed by atoms with Crippen LogP contribution >= 0.6 is 0 Å². The van der Waals surface area contributed by atoms with Crippen LogP contribution in [0.25, 0.3) is 11.4 Å². The zero-order valence-corrected chi connectivity index (χ0v) is 17.1. The maximum Gasteiger partial charge on any atom is 0.241 e. The molecule has 0 saturated carbocycles. The highest BCUT2D eigenvalue weighted by Gasteiger charge is 2.25. The number of aryl methyl sites for hydroxylation is 1. The minimum Gasteiger partial charge on any atom is -0.356 e. The molecule has 0 spiro atoms. The summed E-state index contributed by atoms with van der Waals surface area (Å²) in [5.41, 5.74) is 2.17. The largest absolute Gasteiger partial charge is 0.356 e. The van der Waals surface area contributed by atoms with E-state index < -0.39 is 0 Å². The number of hydrogen-bond acceptors (Lipinski definition) is 6. The van der Waals surface area contributed by atoms with E-state index in [1.165, 1.54) is 5.56 Å². The van der Waals surface area contributed by atoms with Gasteiger partial charge in [-0.15, -0.1) is 0 Å². The van der Waals surface area contributed by atoms with E-state index in [9.17, 15) is 4.79 Å². The Morgan fingerprint density at radius 2 is 1.96 bits per heavy atom. The van der Waals surface area contributed by atoms with Gasteiger partial charge in [0.25, 0.3) is 0 Å². The molecule has 1 aromatic heterocycles. The quantitative estimate of drug-likeness (QED) is 0.703. The molecule has 1 N–H and O–H groups in total. The van der Waals surface area contributed by atoms with Gasteiger partial charge >= 0.3 is 0 Å². The summed E-state index contributed by atoms with van der Waals surface area (Å²) in [5, 5.41) is 7.17. The summed E-state index contributed by atoms with van der Waals surface area (Å²) in [6.07, 6.45) is 2.73. The van der Waals surface area contributed by atoms with Crippen LogP contribution in [0.3, 0.4) is 0 Å². The Morgan fingerprint density at radius 3 is 2.64 bits per heavy atom. The van der Waals surface area contributed by atoms with E-state index in [1.54, 1.807) is 0 Å². The van der Waals surface area contributed by atoms with Crippen molar-refractivity contribution in [1.29, 1.82) is 0 Å². The standard InChI is InChI=1S/C21H31N5O2/c1-16-5-7-17(8-6-16)20-23-19(28-24-20)15-26-13-9-18(10-14-26)21(27)22-11-4-12-25(2)3/h5-8,18H,4,9-15H2,1-3H3,(H,22,27). The number of rotatable bonds is 8. The predicted molar refractivity (Wildman–Crippen MR) is 109 cm³/mol. The van der Waals surface area contributed by atoms with Crippen molar-refractivity contribution in [1.82, 2.24) is 25.3 Å². The minimum absolute atomic E-state index is 0.112. The van der Waals surface area contributed by atoms with Gasteiger partial charge in [-0.3, -0.25) is 9.69 Å². The molecule has 0 radical (unpaired) electrons. The molecule has 3 rings (SSSR count). The van der Waals surface area contributed by atoms with E-state index in [0.29, 0.717) is 18.3 Å². The van der Waals surface area contributed by atoms with Gasteiger partial charge in [-0.25, -0.2) is 0 Å². The van der Waals surface area contributed by atoms with Crippen LogP contribution in [0.4, 0.5) is 0 Å². The monoisotopic (exact) mass is 385 g/mol. The molecule has 1 amide bonds. The lowest BCUT2D eigenvalue weighted by Crippen LogP contribution is -2.40. The maximum absolute atomic E-state index is 12.3. The third-order valence-corrected chi connectivity index (χ3v) is 5.18. The molecule has 2 heterocycles. The number of amides is 1. The number of nitrogens with zero attached hydrogens (tertiary/aromatic N) is 4. The number of carbonyl (C=O) groups is 1. The fraction of sp³-hybridized carbons (Fsp3) is 0.571. The molecular formula is C21H31N5O2. The number of aromatic nitrogens is 2. The average molecular weight is 386 g/mol. The van der Waals surface area contributed by atoms with Gasteiger partial charge in [-0.1, -0.05) is 35.0 Å². The van der Waals surface area contributed by atoms with E-state index in [2.05, 4.69) is 32.2 Å². The van der Waals surface area contributed by atoms with Crippen LogP contribution in [0, 0.1) is 12.8 Å². The average Bonchev–Trinajstić information content (AvgIpc) is 3.14. The number of likely N-dealkylation sites (tertiary alicyclic amines) is 1. The number of benzene rings is 1. The topological polar surface area (TPSA) is 74.5 Å². The molecule has 0 unspecified atom stereocenters. The number of piperidine rings is 1. The Kier molecular flexibility index (Phi) is 7.17. The van der Waals surface area contributed by atoms with E-state index in [-0.39, 0.29) is 11.8 Å². The van der Waals surface area contributed by atoms with Crippen molar-refractivity contribution < 1.29 is 9.32 Å². The molecule has 1 aliphatic rings. The summed E-state index contributed by atoms with van der Waals surface area (Å²) in [6, 6.07) is 8.10. The van der Waals surface area contributed by atoms with E-state index in [1.807, 2.05) is 38.4 Å². The van der Waals surface area contributed by atoms with Crippen molar-refractivity contribution in [2.45, 2.75) is 32.7 Å². The normalized spacial score (nSPS) is 15.9. The number of nitrogens with one attached hydrogen (secondary N) is 1. The first-order valence-electron chi connectivity index (χ1n) is 10.1. The van der Waals surface area contributed by atoms with Gasteiger partial charge in [0.15, 0.2) is 0 Å². The molecular weight excluding hydrogens is 354 g/mol. The summed E-state index contributed by atoms with van der Waals surface area (Å²) >= 11 is 0.